The third kappa shape index (κ3) is 2.05. The van der Waals surface area contributed by atoms with Crippen molar-refractivity contribution in [3.8, 4) is 17.3 Å². The summed E-state index contributed by atoms with van der Waals surface area (Å²) in [5.74, 6) is 0.887. The van der Waals surface area contributed by atoms with E-state index in [0.29, 0.717) is 11.6 Å². The predicted octanol–water partition coefficient (Wildman–Crippen LogP) is 2.45. The highest BCUT2D eigenvalue weighted by Crippen LogP contribution is 2.37. The zero-order valence-electron chi connectivity index (χ0n) is 11.0. The van der Waals surface area contributed by atoms with Crippen molar-refractivity contribution in [3.63, 3.8) is 0 Å². The lowest BCUT2D eigenvalue weighted by atomic mass is 9.80. The number of nitrogens with two attached hydrogens (primary N) is 2. The van der Waals surface area contributed by atoms with Crippen LogP contribution in [0.5, 0.6) is 0 Å². The molecule has 1 heterocycles. The Kier molecular flexibility index (Phi) is 2.99. The Morgan fingerprint density at radius 3 is 2.35 bits per heavy atom. The van der Waals surface area contributed by atoms with E-state index in [-0.39, 0.29) is 17.3 Å². The first-order valence-corrected chi connectivity index (χ1v) is 6.62. The fourth-order valence-corrected chi connectivity index (χ4v) is 2.47. The molecule has 0 amide bonds. The second kappa shape index (κ2) is 4.82. The molecule has 1 aliphatic carbocycles. The van der Waals surface area contributed by atoms with Crippen molar-refractivity contribution in [3.05, 3.63) is 35.4 Å². The first-order valence-electron chi connectivity index (χ1n) is 6.62. The van der Waals surface area contributed by atoms with Crippen molar-refractivity contribution in [2.24, 2.45) is 0 Å². The van der Waals surface area contributed by atoms with Gasteiger partial charge in [0.15, 0.2) is 0 Å². The van der Waals surface area contributed by atoms with Crippen molar-refractivity contribution in [1.82, 2.24) is 9.97 Å². The number of nitriles is 1. The van der Waals surface area contributed by atoms with Gasteiger partial charge in [0.2, 0.25) is 5.95 Å². The van der Waals surface area contributed by atoms with Gasteiger partial charge in [-0.3, -0.25) is 0 Å². The second-order valence-electron chi connectivity index (χ2n) is 5.05. The van der Waals surface area contributed by atoms with Gasteiger partial charge in [0, 0.05) is 5.56 Å². The summed E-state index contributed by atoms with van der Waals surface area (Å²) in [5, 5.41) is 9.19. The summed E-state index contributed by atoms with van der Waals surface area (Å²) in [6.45, 7) is 0. The minimum atomic E-state index is 0.0829. The third-order valence-corrected chi connectivity index (χ3v) is 3.83. The first-order chi connectivity index (χ1) is 9.69. The smallest absolute Gasteiger partial charge is 0.222 e. The highest BCUT2D eigenvalue weighted by Gasteiger charge is 2.19. The van der Waals surface area contributed by atoms with Crippen LogP contribution in [-0.2, 0) is 0 Å². The van der Waals surface area contributed by atoms with Crippen molar-refractivity contribution in [1.29, 1.82) is 5.26 Å². The van der Waals surface area contributed by atoms with Crippen LogP contribution in [0.2, 0.25) is 0 Å². The van der Waals surface area contributed by atoms with E-state index >= 15 is 0 Å². The van der Waals surface area contributed by atoms with Crippen molar-refractivity contribution in [2.45, 2.75) is 25.2 Å². The Bertz CT molecular complexity index is 681. The molecular formula is C15H15N5. The molecule has 2 aromatic rings. The average Bonchev–Trinajstić information content (AvgIpc) is 2.37. The largest absolute Gasteiger partial charge is 0.382 e. The summed E-state index contributed by atoms with van der Waals surface area (Å²) in [5.41, 5.74) is 14.3. The Morgan fingerprint density at radius 1 is 1.10 bits per heavy atom. The Balaban J connectivity index is 2.02. The lowest BCUT2D eigenvalue weighted by Crippen LogP contribution is -2.08. The molecule has 3 rings (SSSR count). The van der Waals surface area contributed by atoms with Gasteiger partial charge in [-0.2, -0.15) is 10.2 Å². The van der Waals surface area contributed by atoms with Crippen LogP contribution in [0.1, 0.15) is 36.3 Å². The average molecular weight is 265 g/mol. The summed E-state index contributed by atoms with van der Waals surface area (Å²) < 4.78 is 0. The standard InChI is InChI=1S/C15H15N5/c16-8-12-13(19-15(18)20-14(12)17)11-6-4-10(5-7-11)9-2-1-3-9/h4-7,9H,1-3H2,(H4,17,18,19,20). The predicted molar refractivity (Wildman–Crippen MR) is 77.6 cm³/mol. The van der Waals surface area contributed by atoms with E-state index in [1.807, 2.05) is 18.2 Å². The minimum Gasteiger partial charge on any atom is -0.382 e. The van der Waals surface area contributed by atoms with Crippen LogP contribution in [0, 0.1) is 11.3 Å². The molecule has 1 aromatic carbocycles. The molecule has 20 heavy (non-hydrogen) atoms. The van der Waals surface area contributed by atoms with Crippen LogP contribution >= 0.6 is 0 Å². The van der Waals surface area contributed by atoms with Crippen LogP contribution < -0.4 is 11.5 Å². The van der Waals surface area contributed by atoms with Gasteiger partial charge in [0.05, 0.1) is 5.69 Å². The number of aromatic nitrogens is 2. The lowest BCUT2D eigenvalue weighted by molar-refractivity contribution is 0.420. The van der Waals surface area contributed by atoms with Crippen molar-refractivity contribution >= 4 is 11.8 Å². The Hall–Kier alpha value is -2.61. The number of nitrogens with zero attached hydrogens (tertiary/aromatic N) is 3. The maximum atomic E-state index is 9.19. The molecule has 1 aliphatic rings. The van der Waals surface area contributed by atoms with Gasteiger partial charge in [-0.25, -0.2) is 4.98 Å². The van der Waals surface area contributed by atoms with Gasteiger partial charge in [-0.15, -0.1) is 0 Å². The Labute approximate surface area is 117 Å². The number of rotatable bonds is 2. The van der Waals surface area contributed by atoms with Gasteiger partial charge in [-0.05, 0) is 24.3 Å². The van der Waals surface area contributed by atoms with E-state index in [1.165, 1.54) is 24.8 Å². The van der Waals surface area contributed by atoms with Crippen molar-refractivity contribution < 1.29 is 0 Å². The van der Waals surface area contributed by atoms with Gasteiger partial charge in [0.1, 0.15) is 17.5 Å². The van der Waals surface area contributed by atoms with Gasteiger partial charge < -0.3 is 11.5 Å². The molecule has 100 valence electrons. The maximum absolute atomic E-state index is 9.19. The highest BCUT2D eigenvalue weighted by molar-refractivity contribution is 5.73. The number of hydrogen-bond donors (Lipinski definition) is 2. The Morgan fingerprint density at radius 2 is 1.80 bits per heavy atom. The first kappa shape index (κ1) is 12.4. The van der Waals surface area contributed by atoms with E-state index in [1.54, 1.807) is 0 Å². The molecule has 0 saturated heterocycles. The zero-order chi connectivity index (χ0) is 14.1. The fraction of sp³-hybridized carbons (Fsp3) is 0.267. The van der Waals surface area contributed by atoms with E-state index in [4.69, 9.17) is 11.5 Å². The molecule has 1 saturated carbocycles. The lowest BCUT2D eigenvalue weighted by Gasteiger charge is -2.25. The van der Waals surface area contributed by atoms with E-state index in [2.05, 4.69) is 22.1 Å². The van der Waals surface area contributed by atoms with Crippen LogP contribution in [0.25, 0.3) is 11.3 Å². The second-order valence-corrected chi connectivity index (χ2v) is 5.05. The fourth-order valence-electron chi connectivity index (χ4n) is 2.47. The minimum absolute atomic E-state index is 0.0829. The van der Waals surface area contributed by atoms with Crippen LogP contribution in [-0.4, -0.2) is 9.97 Å². The quantitative estimate of drug-likeness (QED) is 0.868. The summed E-state index contributed by atoms with van der Waals surface area (Å²) in [4.78, 5) is 7.97. The van der Waals surface area contributed by atoms with Crippen LogP contribution in [0.4, 0.5) is 11.8 Å². The zero-order valence-corrected chi connectivity index (χ0v) is 11.0. The molecule has 1 aromatic heterocycles. The molecule has 5 nitrogen and oxygen atoms in total. The topological polar surface area (TPSA) is 102 Å². The van der Waals surface area contributed by atoms with E-state index in [0.717, 1.165) is 5.56 Å². The SMILES string of the molecule is N#Cc1c(N)nc(N)nc1-c1ccc(C2CCC2)cc1. The number of nitrogen functional groups attached to an aromatic ring is 2. The van der Waals surface area contributed by atoms with Gasteiger partial charge >= 0.3 is 0 Å². The summed E-state index contributed by atoms with van der Waals surface area (Å²) in [7, 11) is 0. The molecule has 0 atom stereocenters. The molecule has 0 radical (unpaired) electrons. The van der Waals surface area contributed by atoms with Gasteiger partial charge in [-0.1, -0.05) is 30.7 Å². The summed E-state index contributed by atoms with van der Waals surface area (Å²) in [6.07, 6.45) is 3.83. The molecule has 5 heteroatoms. The monoisotopic (exact) mass is 265 g/mol. The van der Waals surface area contributed by atoms with E-state index < -0.39 is 0 Å². The molecule has 0 aliphatic heterocycles. The molecule has 4 N–H and O–H groups in total. The maximum Gasteiger partial charge on any atom is 0.222 e. The molecule has 1 fully saturated rings. The molecule has 0 spiro atoms. The number of benzene rings is 1. The molecule has 0 bridgehead atoms. The third-order valence-electron chi connectivity index (χ3n) is 3.83. The van der Waals surface area contributed by atoms with E-state index in [9.17, 15) is 5.26 Å². The number of anilines is 2. The van der Waals surface area contributed by atoms with Crippen LogP contribution in [0.15, 0.2) is 24.3 Å². The van der Waals surface area contributed by atoms with Gasteiger partial charge in [0.25, 0.3) is 0 Å². The summed E-state index contributed by atoms with van der Waals surface area (Å²) >= 11 is 0. The summed E-state index contributed by atoms with van der Waals surface area (Å²) in [6, 6.07) is 10.2. The molecular weight excluding hydrogens is 250 g/mol. The number of hydrogen-bond acceptors (Lipinski definition) is 5. The normalized spacial score (nSPS) is 14.6. The molecule has 0 unspecified atom stereocenters. The highest BCUT2D eigenvalue weighted by atomic mass is 15.0. The van der Waals surface area contributed by atoms with Crippen LogP contribution in [0.3, 0.4) is 0 Å². The van der Waals surface area contributed by atoms with Crippen molar-refractivity contribution in [2.75, 3.05) is 11.5 Å².